The van der Waals surface area contributed by atoms with Gasteiger partial charge in [0.15, 0.2) is 0 Å². The van der Waals surface area contributed by atoms with Gasteiger partial charge in [-0.15, -0.1) is 0 Å². The lowest BCUT2D eigenvalue weighted by Crippen LogP contribution is -2.27. The van der Waals surface area contributed by atoms with Crippen LogP contribution in [0.1, 0.15) is 36.8 Å². The van der Waals surface area contributed by atoms with Crippen molar-refractivity contribution >= 4 is 5.97 Å². The molecule has 0 spiro atoms. The van der Waals surface area contributed by atoms with Crippen molar-refractivity contribution in [3.63, 3.8) is 0 Å². The van der Waals surface area contributed by atoms with Gasteiger partial charge < -0.3 is 5.11 Å². The molecule has 4 heteroatoms. The molecule has 0 atom stereocenters. The van der Waals surface area contributed by atoms with Crippen LogP contribution in [0, 0.1) is 5.92 Å². The molecule has 0 aliphatic carbocycles. The predicted molar refractivity (Wildman–Crippen MR) is 67.0 cm³/mol. The van der Waals surface area contributed by atoms with Gasteiger partial charge in [-0.1, -0.05) is 20.8 Å². The third-order valence-electron chi connectivity index (χ3n) is 2.52. The molecule has 94 valence electrons. The fourth-order valence-corrected chi connectivity index (χ4v) is 1.77. The standard InChI is InChI=1S/C13H20N2O2/c1-4-15(8-10(2)3)9-11-5-6-14-12(7-11)13(16)17/h5-7,10H,4,8-9H2,1-3H3,(H,16,17). The number of carbonyl (C=O) groups is 1. The maximum absolute atomic E-state index is 10.8. The molecule has 1 heterocycles. The number of hydrogen-bond donors (Lipinski definition) is 1. The van der Waals surface area contributed by atoms with Crippen molar-refractivity contribution in [3.8, 4) is 0 Å². The first-order valence-corrected chi connectivity index (χ1v) is 5.93. The quantitative estimate of drug-likeness (QED) is 0.823. The Kier molecular flexibility index (Phi) is 5.10. The van der Waals surface area contributed by atoms with Crippen LogP contribution >= 0.6 is 0 Å². The number of nitrogens with zero attached hydrogens (tertiary/aromatic N) is 2. The van der Waals surface area contributed by atoms with Crippen molar-refractivity contribution < 1.29 is 9.90 Å². The van der Waals surface area contributed by atoms with Gasteiger partial charge in [0.1, 0.15) is 5.69 Å². The van der Waals surface area contributed by atoms with E-state index in [1.165, 1.54) is 0 Å². The molecule has 0 unspecified atom stereocenters. The molecule has 17 heavy (non-hydrogen) atoms. The number of hydrogen-bond acceptors (Lipinski definition) is 3. The van der Waals surface area contributed by atoms with Gasteiger partial charge in [0.2, 0.25) is 0 Å². The van der Waals surface area contributed by atoms with E-state index in [4.69, 9.17) is 5.11 Å². The predicted octanol–water partition coefficient (Wildman–Crippen LogP) is 2.26. The minimum absolute atomic E-state index is 0.114. The zero-order chi connectivity index (χ0) is 12.8. The molecule has 0 saturated carbocycles. The molecule has 4 nitrogen and oxygen atoms in total. The van der Waals surface area contributed by atoms with Gasteiger partial charge in [-0.05, 0) is 30.2 Å². The van der Waals surface area contributed by atoms with E-state index >= 15 is 0 Å². The van der Waals surface area contributed by atoms with E-state index in [2.05, 4.69) is 30.7 Å². The Morgan fingerprint density at radius 2 is 2.24 bits per heavy atom. The number of aromatic carboxylic acids is 1. The molecule has 1 rings (SSSR count). The van der Waals surface area contributed by atoms with Crippen LogP contribution in [-0.4, -0.2) is 34.0 Å². The van der Waals surface area contributed by atoms with E-state index in [0.717, 1.165) is 25.2 Å². The first-order valence-electron chi connectivity index (χ1n) is 5.93. The maximum Gasteiger partial charge on any atom is 0.354 e. The Hall–Kier alpha value is -1.42. The normalized spacial score (nSPS) is 11.1. The van der Waals surface area contributed by atoms with Gasteiger partial charge in [-0.25, -0.2) is 9.78 Å². The Balaban J connectivity index is 2.72. The highest BCUT2D eigenvalue weighted by Gasteiger charge is 2.09. The molecular formula is C13H20N2O2. The number of carboxylic acids is 1. The van der Waals surface area contributed by atoms with Gasteiger partial charge in [-0.2, -0.15) is 0 Å². The van der Waals surface area contributed by atoms with Gasteiger partial charge in [0.05, 0.1) is 0 Å². The Bertz CT molecular complexity index is 377. The SMILES string of the molecule is CCN(Cc1ccnc(C(=O)O)c1)CC(C)C. The van der Waals surface area contributed by atoms with Crippen LogP contribution in [0.5, 0.6) is 0 Å². The molecular weight excluding hydrogens is 216 g/mol. The molecule has 0 aliphatic rings. The van der Waals surface area contributed by atoms with E-state index in [1.54, 1.807) is 12.3 Å². The van der Waals surface area contributed by atoms with Crippen LogP contribution < -0.4 is 0 Å². The summed E-state index contributed by atoms with van der Waals surface area (Å²) in [7, 11) is 0. The average Bonchev–Trinajstić information content (AvgIpc) is 2.28. The molecule has 0 radical (unpaired) electrons. The summed E-state index contributed by atoms with van der Waals surface area (Å²) in [6, 6.07) is 3.51. The summed E-state index contributed by atoms with van der Waals surface area (Å²) in [5.74, 6) is -0.366. The second-order valence-electron chi connectivity index (χ2n) is 4.58. The van der Waals surface area contributed by atoms with Crippen LogP contribution in [0.2, 0.25) is 0 Å². The number of aromatic nitrogens is 1. The minimum Gasteiger partial charge on any atom is -0.477 e. The third kappa shape index (κ3) is 4.53. The minimum atomic E-state index is -0.973. The highest BCUT2D eigenvalue weighted by Crippen LogP contribution is 2.08. The van der Waals surface area contributed by atoms with E-state index in [-0.39, 0.29) is 5.69 Å². The van der Waals surface area contributed by atoms with Gasteiger partial charge in [0, 0.05) is 19.3 Å². The van der Waals surface area contributed by atoms with Crippen molar-refractivity contribution in [1.82, 2.24) is 9.88 Å². The summed E-state index contributed by atoms with van der Waals surface area (Å²) >= 11 is 0. The zero-order valence-electron chi connectivity index (χ0n) is 10.7. The number of pyridine rings is 1. The van der Waals surface area contributed by atoms with Crippen LogP contribution in [0.3, 0.4) is 0 Å². The first kappa shape index (κ1) is 13.6. The Labute approximate surface area is 102 Å². The molecule has 0 aromatic carbocycles. The van der Waals surface area contributed by atoms with E-state index in [9.17, 15) is 4.79 Å². The van der Waals surface area contributed by atoms with E-state index < -0.39 is 5.97 Å². The van der Waals surface area contributed by atoms with Crippen LogP contribution in [0.25, 0.3) is 0 Å². The summed E-state index contributed by atoms with van der Waals surface area (Å²) in [4.78, 5) is 16.9. The molecule has 0 bridgehead atoms. The van der Waals surface area contributed by atoms with Gasteiger partial charge >= 0.3 is 5.97 Å². The zero-order valence-corrected chi connectivity index (χ0v) is 10.7. The smallest absolute Gasteiger partial charge is 0.354 e. The molecule has 0 aliphatic heterocycles. The van der Waals surface area contributed by atoms with Crippen molar-refractivity contribution in [3.05, 3.63) is 29.6 Å². The molecule has 0 amide bonds. The molecule has 0 saturated heterocycles. The topological polar surface area (TPSA) is 53.4 Å². The summed E-state index contributed by atoms with van der Waals surface area (Å²) in [5, 5.41) is 8.87. The Morgan fingerprint density at radius 1 is 1.53 bits per heavy atom. The molecule has 0 fully saturated rings. The second-order valence-corrected chi connectivity index (χ2v) is 4.58. The lowest BCUT2D eigenvalue weighted by Gasteiger charge is -2.22. The monoisotopic (exact) mass is 236 g/mol. The summed E-state index contributed by atoms with van der Waals surface area (Å²) in [6.45, 7) is 9.22. The van der Waals surface area contributed by atoms with Crippen molar-refractivity contribution in [2.75, 3.05) is 13.1 Å². The summed E-state index contributed by atoms with van der Waals surface area (Å²) < 4.78 is 0. The number of rotatable bonds is 6. The molecule has 1 aromatic heterocycles. The largest absolute Gasteiger partial charge is 0.477 e. The molecule has 1 N–H and O–H groups in total. The highest BCUT2D eigenvalue weighted by molar-refractivity contribution is 5.85. The van der Waals surface area contributed by atoms with Gasteiger partial charge in [0.25, 0.3) is 0 Å². The van der Waals surface area contributed by atoms with Crippen molar-refractivity contribution in [2.24, 2.45) is 5.92 Å². The summed E-state index contributed by atoms with van der Waals surface area (Å²) in [5.41, 5.74) is 1.11. The van der Waals surface area contributed by atoms with Crippen molar-refractivity contribution in [2.45, 2.75) is 27.3 Å². The van der Waals surface area contributed by atoms with Crippen LogP contribution in [0.15, 0.2) is 18.3 Å². The first-order chi connectivity index (χ1) is 8.02. The lowest BCUT2D eigenvalue weighted by molar-refractivity contribution is 0.0690. The maximum atomic E-state index is 10.8. The molecule has 1 aromatic rings. The Morgan fingerprint density at radius 3 is 2.76 bits per heavy atom. The van der Waals surface area contributed by atoms with E-state index in [1.807, 2.05) is 6.07 Å². The van der Waals surface area contributed by atoms with Crippen LogP contribution in [0.4, 0.5) is 0 Å². The third-order valence-corrected chi connectivity index (χ3v) is 2.52. The average molecular weight is 236 g/mol. The van der Waals surface area contributed by atoms with E-state index in [0.29, 0.717) is 5.92 Å². The highest BCUT2D eigenvalue weighted by atomic mass is 16.4. The fraction of sp³-hybridized carbons (Fsp3) is 0.538. The number of carboxylic acid groups (broad SMARTS) is 1. The van der Waals surface area contributed by atoms with Crippen LogP contribution in [-0.2, 0) is 6.54 Å². The second kappa shape index (κ2) is 6.35. The van der Waals surface area contributed by atoms with Crippen molar-refractivity contribution in [1.29, 1.82) is 0 Å². The lowest BCUT2D eigenvalue weighted by atomic mass is 10.1. The van der Waals surface area contributed by atoms with Gasteiger partial charge in [-0.3, -0.25) is 4.90 Å². The summed E-state index contributed by atoms with van der Waals surface area (Å²) in [6.07, 6.45) is 1.56. The fourth-order valence-electron chi connectivity index (χ4n) is 1.77.